The molecule has 1 aliphatic rings. The number of hydrogen-bond acceptors (Lipinski definition) is 2. The SMILES string of the molecule is CN1Cc2ccccc2N1C(N)=O. The Hall–Kier alpha value is -1.55. The molecule has 0 saturated carbocycles. The normalized spacial score (nSPS) is 15.9. The van der Waals surface area contributed by atoms with Gasteiger partial charge in [0, 0.05) is 13.6 Å². The van der Waals surface area contributed by atoms with Gasteiger partial charge in [-0.3, -0.25) is 0 Å². The number of para-hydroxylation sites is 1. The molecule has 0 saturated heterocycles. The molecule has 1 aromatic rings. The third-order valence-electron chi connectivity index (χ3n) is 2.17. The van der Waals surface area contributed by atoms with Crippen LogP contribution < -0.4 is 10.7 Å². The van der Waals surface area contributed by atoms with E-state index in [9.17, 15) is 4.79 Å². The van der Waals surface area contributed by atoms with Crippen molar-refractivity contribution >= 4 is 11.7 Å². The van der Waals surface area contributed by atoms with Gasteiger partial charge in [-0.05, 0) is 11.6 Å². The molecule has 2 rings (SSSR count). The molecular formula is C9H11N3O. The van der Waals surface area contributed by atoms with Crippen molar-refractivity contribution in [1.82, 2.24) is 5.01 Å². The lowest BCUT2D eigenvalue weighted by Crippen LogP contribution is -2.43. The summed E-state index contributed by atoms with van der Waals surface area (Å²) < 4.78 is 0. The van der Waals surface area contributed by atoms with Crippen LogP contribution in [-0.2, 0) is 6.54 Å². The number of carbonyl (C=O) groups is 1. The molecular weight excluding hydrogens is 166 g/mol. The molecule has 0 fully saturated rings. The quantitative estimate of drug-likeness (QED) is 0.641. The number of anilines is 1. The molecule has 0 atom stereocenters. The van der Waals surface area contributed by atoms with Crippen molar-refractivity contribution in [3.8, 4) is 0 Å². The van der Waals surface area contributed by atoms with Crippen LogP contribution in [0.3, 0.4) is 0 Å². The van der Waals surface area contributed by atoms with Gasteiger partial charge in [0.05, 0.1) is 5.69 Å². The zero-order valence-corrected chi connectivity index (χ0v) is 7.40. The minimum Gasteiger partial charge on any atom is -0.350 e. The van der Waals surface area contributed by atoms with Crippen LogP contribution in [-0.4, -0.2) is 18.1 Å². The second-order valence-electron chi connectivity index (χ2n) is 3.09. The first-order valence-electron chi connectivity index (χ1n) is 4.08. The van der Waals surface area contributed by atoms with Gasteiger partial charge in [0.1, 0.15) is 0 Å². The monoisotopic (exact) mass is 177 g/mol. The molecule has 0 bridgehead atoms. The third kappa shape index (κ3) is 1.15. The molecule has 0 radical (unpaired) electrons. The molecule has 2 N–H and O–H groups in total. The van der Waals surface area contributed by atoms with Gasteiger partial charge in [-0.2, -0.15) is 0 Å². The highest BCUT2D eigenvalue weighted by Gasteiger charge is 2.27. The van der Waals surface area contributed by atoms with Crippen molar-refractivity contribution in [2.45, 2.75) is 6.54 Å². The van der Waals surface area contributed by atoms with Crippen LogP contribution in [0.25, 0.3) is 0 Å². The fraction of sp³-hybridized carbons (Fsp3) is 0.222. The molecule has 0 unspecified atom stereocenters. The zero-order chi connectivity index (χ0) is 9.42. The van der Waals surface area contributed by atoms with E-state index in [2.05, 4.69) is 0 Å². The van der Waals surface area contributed by atoms with Gasteiger partial charge in [-0.1, -0.05) is 18.2 Å². The fourth-order valence-corrected chi connectivity index (χ4v) is 1.64. The minimum atomic E-state index is -0.438. The van der Waals surface area contributed by atoms with Gasteiger partial charge in [0.2, 0.25) is 0 Å². The highest BCUT2D eigenvalue weighted by molar-refractivity contribution is 5.91. The fourth-order valence-electron chi connectivity index (χ4n) is 1.64. The van der Waals surface area contributed by atoms with E-state index in [0.717, 1.165) is 17.8 Å². The Labute approximate surface area is 76.5 Å². The summed E-state index contributed by atoms with van der Waals surface area (Å²) in [5.41, 5.74) is 7.26. The van der Waals surface area contributed by atoms with E-state index in [1.807, 2.05) is 31.3 Å². The van der Waals surface area contributed by atoms with Crippen molar-refractivity contribution in [2.24, 2.45) is 5.73 Å². The van der Waals surface area contributed by atoms with Crippen LogP contribution in [0.5, 0.6) is 0 Å². The number of hydrazine groups is 1. The summed E-state index contributed by atoms with van der Waals surface area (Å²) in [5, 5.41) is 3.28. The first-order chi connectivity index (χ1) is 6.20. The van der Waals surface area contributed by atoms with Crippen LogP contribution in [0, 0.1) is 0 Å². The summed E-state index contributed by atoms with van der Waals surface area (Å²) in [6.07, 6.45) is 0. The van der Waals surface area contributed by atoms with Gasteiger partial charge in [-0.25, -0.2) is 14.8 Å². The van der Waals surface area contributed by atoms with Gasteiger partial charge < -0.3 is 5.73 Å². The largest absolute Gasteiger partial charge is 0.350 e. The first kappa shape index (κ1) is 8.07. The number of hydrogen-bond donors (Lipinski definition) is 1. The maximum Gasteiger partial charge on any atom is 0.334 e. The predicted molar refractivity (Wildman–Crippen MR) is 50.0 cm³/mol. The molecule has 0 aliphatic carbocycles. The zero-order valence-electron chi connectivity index (χ0n) is 7.40. The minimum absolute atomic E-state index is 0.438. The number of primary amides is 1. The molecule has 1 aromatic carbocycles. The summed E-state index contributed by atoms with van der Waals surface area (Å²) in [7, 11) is 1.84. The Kier molecular flexibility index (Phi) is 1.70. The predicted octanol–water partition coefficient (Wildman–Crippen LogP) is 0.932. The Morgan fingerprint density at radius 2 is 2.15 bits per heavy atom. The van der Waals surface area contributed by atoms with Crippen LogP contribution in [0.1, 0.15) is 5.56 Å². The molecule has 0 aromatic heterocycles. The molecule has 4 nitrogen and oxygen atoms in total. The van der Waals surface area contributed by atoms with Crippen molar-refractivity contribution in [2.75, 3.05) is 12.1 Å². The smallest absolute Gasteiger partial charge is 0.334 e. The summed E-state index contributed by atoms with van der Waals surface area (Å²) in [6.45, 7) is 0.735. The highest BCUT2D eigenvalue weighted by atomic mass is 16.2. The molecule has 1 heterocycles. The van der Waals surface area contributed by atoms with Gasteiger partial charge in [0.25, 0.3) is 0 Å². The second kappa shape index (κ2) is 2.74. The summed E-state index contributed by atoms with van der Waals surface area (Å²) in [5.74, 6) is 0. The lowest BCUT2D eigenvalue weighted by molar-refractivity contribution is 0.234. The second-order valence-corrected chi connectivity index (χ2v) is 3.09. The number of amides is 2. The Morgan fingerprint density at radius 3 is 2.85 bits per heavy atom. The van der Waals surface area contributed by atoms with Gasteiger partial charge >= 0.3 is 6.03 Å². The van der Waals surface area contributed by atoms with Crippen LogP contribution in [0.2, 0.25) is 0 Å². The number of nitrogens with two attached hydrogens (primary N) is 1. The maximum absolute atomic E-state index is 11.1. The molecule has 1 aliphatic heterocycles. The lowest BCUT2D eigenvalue weighted by atomic mass is 10.2. The number of benzene rings is 1. The molecule has 2 amide bonds. The molecule has 68 valence electrons. The van der Waals surface area contributed by atoms with E-state index < -0.39 is 6.03 Å². The maximum atomic E-state index is 11.1. The van der Waals surface area contributed by atoms with Crippen LogP contribution in [0.15, 0.2) is 24.3 Å². The first-order valence-corrected chi connectivity index (χ1v) is 4.08. The number of nitrogens with zero attached hydrogens (tertiary/aromatic N) is 2. The Morgan fingerprint density at radius 1 is 1.46 bits per heavy atom. The molecule has 4 heteroatoms. The van der Waals surface area contributed by atoms with E-state index in [-0.39, 0.29) is 0 Å². The average molecular weight is 177 g/mol. The number of rotatable bonds is 0. The van der Waals surface area contributed by atoms with Crippen molar-refractivity contribution < 1.29 is 4.79 Å². The number of carbonyl (C=O) groups excluding carboxylic acids is 1. The van der Waals surface area contributed by atoms with Gasteiger partial charge in [0.15, 0.2) is 0 Å². The Bertz CT molecular complexity index is 350. The standard InChI is InChI=1S/C9H11N3O/c1-11-6-7-4-2-3-5-8(7)12(11)9(10)13/h2-5H,6H2,1H3,(H2,10,13). The van der Waals surface area contributed by atoms with Crippen molar-refractivity contribution in [3.05, 3.63) is 29.8 Å². The lowest BCUT2D eigenvalue weighted by Gasteiger charge is -2.21. The summed E-state index contributed by atoms with van der Waals surface area (Å²) in [4.78, 5) is 11.1. The molecule has 13 heavy (non-hydrogen) atoms. The van der Waals surface area contributed by atoms with Crippen molar-refractivity contribution in [1.29, 1.82) is 0 Å². The van der Waals surface area contributed by atoms with Crippen LogP contribution >= 0.6 is 0 Å². The van der Waals surface area contributed by atoms with Gasteiger partial charge in [-0.15, -0.1) is 0 Å². The average Bonchev–Trinajstić information content (AvgIpc) is 2.39. The van der Waals surface area contributed by atoms with Crippen LogP contribution in [0.4, 0.5) is 10.5 Å². The van der Waals surface area contributed by atoms with E-state index in [1.54, 1.807) is 5.01 Å². The molecule has 0 spiro atoms. The number of fused-ring (bicyclic) bond motifs is 1. The number of urea groups is 1. The van der Waals surface area contributed by atoms with E-state index >= 15 is 0 Å². The Balaban J connectivity index is 2.46. The van der Waals surface area contributed by atoms with E-state index in [4.69, 9.17) is 5.73 Å². The summed E-state index contributed by atoms with van der Waals surface area (Å²) >= 11 is 0. The third-order valence-corrected chi connectivity index (χ3v) is 2.17. The highest BCUT2D eigenvalue weighted by Crippen LogP contribution is 2.29. The van der Waals surface area contributed by atoms with Crippen molar-refractivity contribution in [3.63, 3.8) is 0 Å². The topological polar surface area (TPSA) is 49.6 Å². The van der Waals surface area contributed by atoms with E-state index in [0.29, 0.717) is 0 Å². The van der Waals surface area contributed by atoms with E-state index in [1.165, 1.54) is 5.01 Å². The summed E-state index contributed by atoms with van der Waals surface area (Å²) in [6, 6.07) is 7.30.